The number of aromatic nitrogens is 1. The molecule has 1 aromatic heterocycles. The van der Waals surface area contributed by atoms with E-state index in [2.05, 4.69) is 4.98 Å². The van der Waals surface area contributed by atoms with Crippen LogP contribution in [0.4, 0.5) is 0 Å². The Morgan fingerprint density at radius 1 is 1.62 bits per heavy atom. The monoisotopic (exact) mass is 180 g/mol. The minimum atomic E-state index is -0.197. The van der Waals surface area contributed by atoms with Crippen molar-refractivity contribution in [2.24, 2.45) is 0 Å². The maximum Gasteiger partial charge on any atom is 0.199 e. The van der Waals surface area contributed by atoms with Gasteiger partial charge in [0.2, 0.25) is 0 Å². The molecule has 13 heavy (non-hydrogen) atoms. The third kappa shape index (κ3) is 2.42. The van der Waals surface area contributed by atoms with Crippen LogP contribution in [0.15, 0.2) is 24.5 Å². The average Bonchev–Trinajstić information content (AvgIpc) is 2.23. The lowest BCUT2D eigenvalue weighted by Crippen LogP contribution is -2.24. The predicted octanol–water partition coefficient (Wildman–Crippen LogP) is 1.99. The highest BCUT2D eigenvalue weighted by Crippen LogP contribution is 2.17. The van der Waals surface area contributed by atoms with E-state index in [9.17, 15) is 0 Å². The van der Waals surface area contributed by atoms with Gasteiger partial charge in [-0.15, -0.1) is 0 Å². The highest BCUT2D eigenvalue weighted by molar-refractivity contribution is 5.15. The van der Waals surface area contributed by atoms with Gasteiger partial charge in [-0.2, -0.15) is 0 Å². The van der Waals surface area contributed by atoms with Crippen LogP contribution in [0.25, 0.3) is 0 Å². The smallest absolute Gasteiger partial charge is 0.199 e. The Labute approximate surface area is 79.1 Å². The molecule has 0 saturated carbocycles. The fourth-order valence-electron chi connectivity index (χ4n) is 1.32. The van der Waals surface area contributed by atoms with Gasteiger partial charge < -0.3 is 9.47 Å². The average molecular weight is 180 g/mol. The summed E-state index contributed by atoms with van der Waals surface area (Å²) in [6.45, 7) is 0.748. The SMILES string of the molecule is [2H]c1ccncc1OC1CCCCO1. The summed E-state index contributed by atoms with van der Waals surface area (Å²) in [5.74, 6) is 0.499. The Hall–Kier alpha value is -1.09. The lowest BCUT2D eigenvalue weighted by Gasteiger charge is -2.23. The summed E-state index contributed by atoms with van der Waals surface area (Å²) in [6, 6.07) is 1.97. The summed E-state index contributed by atoms with van der Waals surface area (Å²) < 4.78 is 18.5. The van der Waals surface area contributed by atoms with Crippen molar-refractivity contribution in [3.8, 4) is 5.75 Å². The van der Waals surface area contributed by atoms with E-state index in [1.807, 2.05) is 0 Å². The van der Waals surface area contributed by atoms with Crippen LogP contribution in [0.1, 0.15) is 20.6 Å². The molecule has 0 radical (unpaired) electrons. The fraction of sp³-hybridized carbons (Fsp3) is 0.500. The van der Waals surface area contributed by atoms with Gasteiger partial charge >= 0.3 is 0 Å². The Bertz CT molecular complexity index is 300. The van der Waals surface area contributed by atoms with Crippen LogP contribution in [-0.2, 0) is 4.74 Å². The molecule has 1 atom stereocenters. The van der Waals surface area contributed by atoms with Crippen molar-refractivity contribution in [1.29, 1.82) is 0 Å². The largest absolute Gasteiger partial charge is 0.463 e. The molecular formula is C10H13NO2. The van der Waals surface area contributed by atoms with Crippen molar-refractivity contribution in [1.82, 2.24) is 4.98 Å². The van der Waals surface area contributed by atoms with E-state index < -0.39 is 0 Å². The molecular weight excluding hydrogens is 166 g/mol. The topological polar surface area (TPSA) is 31.4 Å². The van der Waals surface area contributed by atoms with Crippen LogP contribution >= 0.6 is 0 Å². The van der Waals surface area contributed by atoms with Gasteiger partial charge in [0, 0.05) is 12.6 Å². The summed E-state index contributed by atoms with van der Waals surface area (Å²) in [5, 5.41) is 0. The fourth-order valence-corrected chi connectivity index (χ4v) is 1.32. The number of pyridine rings is 1. The van der Waals surface area contributed by atoms with Crippen molar-refractivity contribution in [2.75, 3.05) is 6.61 Å². The first-order valence-corrected chi connectivity index (χ1v) is 4.55. The normalized spacial score (nSPS) is 23.7. The molecule has 0 N–H and O–H groups in total. The third-order valence-electron chi connectivity index (χ3n) is 1.97. The number of rotatable bonds is 2. The quantitative estimate of drug-likeness (QED) is 0.697. The van der Waals surface area contributed by atoms with E-state index in [1.54, 1.807) is 18.5 Å². The highest BCUT2D eigenvalue weighted by atomic mass is 16.7. The molecule has 70 valence electrons. The van der Waals surface area contributed by atoms with Crippen LogP contribution in [0, 0.1) is 0 Å². The van der Waals surface area contributed by atoms with Gasteiger partial charge in [-0.1, -0.05) is 0 Å². The standard InChI is InChI=1S/C10H13NO2/c1-2-7-12-10(5-1)13-9-4-3-6-11-8-9/h3-4,6,8,10H,1-2,5,7H2/i4D. The van der Waals surface area contributed by atoms with Crippen LogP contribution < -0.4 is 4.74 Å². The van der Waals surface area contributed by atoms with Crippen molar-refractivity contribution in [3.63, 3.8) is 0 Å². The summed E-state index contributed by atoms with van der Waals surface area (Å²) in [5.41, 5.74) is 0. The predicted molar refractivity (Wildman–Crippen MR) is 48.5 cm³/mol. The Morgan fingerprint density at radius 2 is 2.62 bits per heavy atom. The zero-order chi connectivity index (χ0) is 9.80. The van der Waals surface area contributed by atoms with E-state index in [4.69, 9.17) is 10.8 Å². The molecule has 1 fully saturated rings. The third-order valence-corrected chi connectivity index (χ3v) is 1.97. The van der Waals surface area contributed by atoms with Crippen LogP contribution in [0.2, 0.25) is 0 Å². The minimum Gasteiger partial charge on any atom is -0.463 e. The van der Waals surface area contributed by atoms with Crippen molar-refractivity contribution in [2.45, 2.75) is 25.6 Å². The van der Waals surface area contributed by atoms with Gasteiger partial charge in [0.1, 0.15) is 5.75 Å². The molecule has 2 rings (SSSR count). The van der Waals surface area contributed by atoms with Crippen molar-refractivity contribution < 1.29 is 10.8 Å². The number of hydrogen-bond acceptors (Lipinski definition) is 3. The molecule has 1 unspecified atom stereocenters. The van der Waals surface area contributed by atoms with E-state index in [0.29, 0.717) is 11.8 Å². The first-order valence-electron chi connectivity index (χ1n) is 5.05. The second kappa shape index (κ2) is 4.23. The first-order chi connectivity index (χ1) is 6.86. The number of ether oxygens (including phenoxy) is 2. The Morgan fingerprint density at radius 3 is 3.38 bits per heavy atom. The maximum absolute atomic E-state index is 7.57. The molecule has 1 aromatic rings. The molecule has 1 saturated heterocycles. The molecule has 0 bridgehead atoms. The molecule has 1 aliphatic heterocycles. The summed E-state index contributed by atoms with van der Waals surface area (Å²) in [6.07, 6.45) is 6.06. The zero-order valence-electron chi connectivity index (χ0n) is 8.40. The molecule has 0 aromatic carbocycles. The molecule has 3 heteroatoms. The molecule has 0 amide bonds. The van der Waals surface area contributed by atoms with Gasteiger partial charge in [-0.3, -0.25) is 4.98 Å². The van der Waals surface area contributed by atoms with E-state index in [1.165, 1.54) is 0 Å². The number of nitrogens with zero attached hydrogens (tertiary/aromatic N) is 1. The minimum absolute atomic E-state index is 0.197. The second-order valence-corrected chi connectivity index (χ2v) is 3.02. The highest BCUT2D eigenvalue weighted by Gasteiger charge is 2.14. The van der Waals surface area contributed by atoms with Gasteiger partial charge in [-0.05, 0) is 25.0 Å². The molecule has 2 heterocycles. The van der Waals surface area contributed by atoms with Crippen molar-refractivity contribution in [3.05, 3.63) is 24.5 Å². The van der Waals surface area contributed by atoms with Crippen LogP contribution in [0.3, 0.4) is 0 Å². The van der Waals surface area contributed by atoms with E-state index >= 15 is 0 Å². The molecule has 0 spiro atoms. The molecule has 0 aliphatic carbocycles. The van der Waals surface area contributed by atoms with Gasteiger partial charge in [0.15, 0.2) is 6.29 Å². The Kier molecular flexibility index (Phi) is 2.39. The summed E-state index contributed by atoms with van der Waals surface area (Å²) >= 11 is 0. The zero-order valence-corrected chi connectivity index (χ0v) is 7.40. The molecule has 3 nitrogen and oxygen atoms in total. The molecule has 1 aliphatic rings. The van der Waals surface area contributed by atoms with Crippen LogP contribution in [-0.4, -0.2) is 17.9 Å². The second-order valence-electron chi connectivity index (χ2n) is 3.02. The van der Waals surface area contributed by atoms with Gasteiger partial charge in [0.25, 0.3) is 0 Å². The van der Waals surface area contributed by atoms with Gasteiger partial charge in [-0.25, -0.2) is 0 Å². The van der Waals surface area contributed by atoms with Gasteiger partial charge in [0.05, 0.1) is 14.2 Å². The summed E-state index contributed by atoms with van der Waals surface area (Å²) in [4.78, 5) is 3.91. The van der Waals surface area contributed by atoms with E-state index in [-0.39, 0.29) is 6.29 Å². The lowest BCUT2D eigenvalue weighted by molar-refractivity contribution is -0.106. The Balaban J connectivity index is 1.99. The first kappa shape index (κ1) is 7.33. The lowest BCUT2D eigenvalue weighted by atomic mass is 10.2. The van der Waals surface area contributed by atoms with Crippen LogP contribution in [0.5, 0.6) is 5.75 Å². The summed E-state index contributed by atoms with van der Waals surface area (Å²) in [7, 11) is 0. The van der Waals surface area contributed by atoms with Crippen molar-refractivity contribution >= 4 is 0 Å². The maximum atomic E-state index is 7.57. The van der Waals surface area contributed by atoms with E-state index in [0.717, 1.165) is 25.9 Å². The number of hydrogen-bond donors (Lipinski definition) is 0.